The molecule has 2 aromatic rings. The third-order valence-electron chi connectivity index (χ3n) is 5.30. The van der Waals surface area contributed by atoms with E-state index in [-0.39, 0.29) is 18.3 Å². The van der Waals surface area contributed by atoms with Crippen LogP contribution in [0.1, 0.15) is 17.5 Å². The van der Waals surface area contributed by atoms with Crippen LogP contribution in [0.2, 0.25) is 0 Å². The molecule has 1 aliphatic rings. The van der Waals surface area contributed by atoms with E-state index >= 15 is 0 Å². The Kier molecular flexibility index (Phi) is 9.87. The maximum atomic E-state index is 14.2. The second-order valence-electron chi connectivity index (χ2n) is 7.75. The molecule has 0 unspecified atom stereocenters. The molecule has 0 aromatic heterocycles. The number of carbonyl (C=O) groups excluding carboxylic acids is 1. The van der Waals surface area contributed by atoms with Gasteiger partial charge in [0.2, 0.25) is 5.91 Å². The van der Waals surface area contributed by atoms with Gasteiger partial charge in [0, 0.05) is 38.3 Å². The molecule has 1 aliphatic heterocycles. The largest absolute Gasteiger partial charge is 0.379 e. The summed E-state index contributed by atoms with van der Waals surface area (Å²) in [5.74, 6) is -0.383. The van der Waals surface area contributed by atoms with E-state index in [9.17, 15) is 9.18 Å². The fourth-order valence-electron chi connectivity index (χ4n) is 3.52. The highest BCUT2D eigenvalue weighted by atomic mass is 32.1. The van der Waals surface area contributed by atoms with Gasteiger partial charge in [0.1, 0.15) is 5.82 Å². The number of hydrogen-bond acceptors (Lipinski definition) is 4. The van der Waals surface area contributed by atoms with Crippen molar-refractivity contribution in [2.45, 2.75) is 19.5 Å². The van der Waals surface area contributed by atoms with Gasteiger partial charge in [-0.2, -0.15) is 0 Å². The minimum Gasteiger partial charge on any atom is -0.379 e. The SMILES string of the molecule is O=C(CNC(=S)N(Cc1ccccc1)Cc1ccccc1F)NCCCN1CCOCC1. The average molecular weight is 459 g/mol. The highest BCUT2D eigenvalue weighted by Gasteiger charge is 2.15. The zero-order valence-electron chi connectivity index (χ0n) is 18.3. The number of thiocarbonyl (C=S) groups is 1. The van der Waals surface area contributed by atoms with E-state index in [0.29, 0.717) is 30.3 Å². The highest BCUT2D eigenvalue weighted by molar-refractivity contribution is 7.80. The van der Waals surface area contributed by atoms with Crippen molar-refractivity contribution in [1.82, 2.24) is 20.4 Å². The number of nitrogens with one attached hydrogen (secondary N) is 2. The lowest BCUT2D eigenvalue weighted by molar-refractivity contribution is -0.120. The van der Waals surface area contributed by atoms with E-state index < -0.39 is 0 Å². The molecule has 0 atom stereocenters. The fraction of sp³-hybridized carbons (Fsp3) is 0.417. The molecule has 1 saturated heterocycles. The number of ether oxygens (including phenoxy) is 1. The molecule has 172 valence electrons. The second kappa shape index (κ2) is 13.1. The molecule has 6 nitrogen and oxygen atoms in total. The predicted octanol–water partition coefficient (Wildman–Crippen LogP) is 2.54. The first kappa shape index (κ1) is 24.1. The van der Waals surface area contributed by atoms with E-state index in [1.807, 2.05) is 35.2 Å². The smallest absolute Gasteiger partial charge is 0.239 e. The van der Waals surface area contributed by atoms with E-state index in [4.69, 9.17) is 17.0 Å². The molecule has 3 rings (SSSR count). The van der Waals surface area contributed by atoms with Crippen LogP contribution in [-0.2, 0) is 22.6 Å². The summed E-state index contributed by atoms with van der Waals surface area (Å²) in [6.07, 6.45) is 0.892. The van der Waals surface area contributed by atoms with Crippen molar-refractivity contribution in [1.29, 1.82) is 0 Å². The summed E-state index contributed by atoms with van der Waals surface area (Å²) < 4.78 is 19.6. The van der Waals surface area contributed by atoms with Gasteiger partial charge < -0.3 is 20.3 Å². The zero-order chi connectivity index (χ0) is 22.6. The number of carbonyl (C=O) groups is 1. The molecule has 0 spiro atoms. The van der Waals surface area contributed by atoms with E-state index in [1.54, 1.807) is 18.2 Å². The molecule has 1 amide bonds. The van der Waals surface area contributed by atoms with Crippen molar-refractivity contribution in [3.63, 3.8) is 0 Å². The third-order valence-corrected chi connectivity index (χ3v) is 5.70. The quantitative estimate of drug-likeness (QED) is 0.422. The summed E-state index contributed by atoms with van der Waals surface area (Å²) >= 11 is 5.55. The lowest BCUT2D eigenvalue weighted by Gasteiger charge is -2.27. The second-order valence-corrected chi connectivity index (χ2v) is 8.14. The molecule has 32 heavy (non-hydrogen) atoms. The molecule has 2 N–H and O–H groups in total. The molecule has 8 heteroatoms. The van der Waals surface area contributed by atoms with Crippen LogP contribution in [0.25, 0.3) is 0 Å². The average Bonchev–Trinajstić information content (AvgIpc) is 2.82. The summed E-state index contributed by atoms with van der Waals surface area (Å²) in [5, 5.41) is 6.37. The summed E-state index contributed by atoms with van der Waals surface area (Å²) in [4.78, 5) is 16.5. The van der Waals surface area contributed by atoms with Gasteiger partial charge in [0.15, 0.2) is 5.11 Å². The minimum absolute atomic E-state index is 0.0823. The molecule has 1 heterocycles. The van der Waals surface area contributed by atoms with Crippen molar-refractivity contribution in [2.24, 2.45) is 0 Å². The summed E-state index contributed by atoms with van der Waals surface area (Å²) in [7, 11) is 0. The van der Waals surface area contributed by atoms with Crippen LogP contribution in [0.3, 0.4) is 0 Å². The molecule has 0 radical (unpaired) electrons. The topological polar surface area (TPSA) is 56.8 Å². The maximum absolute atomic E-state index is 14.2. The Bertz CT molecular complexity index is 862. The highest BCUT2D eigenvalue weighted by Crippen LogP contribution is 2.13. The third kappa shape index (κ3) is 8.18. The van der Waals surface area contributed by atoms with Crippen LogP contribution in [0.4, 0.5) is 4.39 Å². The van der Waals surface area contributed by atoms with Gasteiger partial charge in [-0.05, 0) is 36.8 Å². The summed E-state index contributed by atoms with van der Waals surface area (Å²) in [6, 6.07) is 16.5. The lowest BCUT2D eigenvalue weighted by Crippen LogP contribution is -2.44. The number of morpholine rings is 1. The van der Waals surface area contributed by atoms with E-state index in [1.165, 1.54) is 6.07 Å². The lowest BCUT2D eigenvalue weighted by atomic mass is 10.1. The first-order valence-electron chi connectivity index (χ1n) is 11.0. The van der Waals surface area contributed by atoms with Gasteiger partial charge in [-0.25, -0.2) is 4.39 Å². The van der Waals surface area contributed by atoms with Crippen LogP contribution in [-0.4, -0.2) is 66.8 Å². The maximum Gasteiger partial charge on any atom is 0.239 e. The van der Waals surface area contributed by atoms with Crippen LogP contribution in [0, 0.1) is 5.82 Å². The Morgan fingerprint density at radius 3 is 2.50 bits per heavy atom. The van der Waals surface area contributed by atoms with Gasteiger partial charge in [0.05, 0.1) is 19.8 Å². The number of amides is 1. The minimum atomic E-state index is -0.272. The summed E-state index contributed by atoms with van der Waals surface area (Å²) in [6.45, 7) is 5.93. The van der Waals surface area contributed by atoms with Gasteiger partial charge in [-0.1, -0.05) is 48.5 Å². The monoisotopic (exact) mass is 458 g/mol. The van der Waals surface area contributed by atoms with Gasteiger partial charge >= 0.3 is 0 Å². The Morgan fingerprint density at radius 1 is 1.03 bits per heavy atom. The molecule has 0 bridgehead atoms. The Balaban J connectivity index is 1.46. The van der Waals surface area contributed by atoms with Crippen molar-refractivity contribution < 1.29 is 13.9 Å². The predicted molar refractivity (Wildman–Crippen MR) is 128 cm³/mol. The standard InChI is InChI=1S/C24H31FN4O2S/c25-22-10-5-4-9-21(22)19-29(18-20-7-2-1-3-8-20)24(32)27-17-23(30)26-11-6-12-28-13-15-31-16-14-28/h1-5,7-10H,6,11-19H2,(H,26,30)(H,27,32). The van der Waals surface area contributed by atoms with Gasteiger partial charge in [-0.15, -0.1) is 0 Å². The molecular weight excluding hydrogens is 427 g/mol. The number of benzene rings is 2. The van der Waals surface area contributed by atoms with Gasteiger partial charge in [-0.3, -0.25) is 9.69 Å². The number of nitrogens with zero attached hydrogens (tertiary/aromatic N) is 2. The van der Waals surface area contributed by atoms with Crippen LogP contribution >= 0.6 is 12.2 Å². The van der Waals surface area contributed by atoms with Crippen molar-refractivity contribution in [3.8, 4) is 0 Å². The van der Waals surface area contributed by atoms with Crippen LogP contribution < -0.4 is 10.6 Å². The first-order chi connectivity index (χ1) is 15.6. The molecule has 1 fully saturated rings. The summed E-state index contributed by atoms with van der Waals surface area (Å²) in [5.41, 5.74) is 1.61. The molecule has 0 aliphatic carbocycles. The van der Waals surface area contributed by atoms with Gasteiger partial charge in [0.25, 0.3) is 0 Å². The fourth-order valence-corrected chi connectivity index (χ4v) is 3.72. The van der Waals surface area contributed by atoms with Crippen LogP contribution in [0.15, 0.2) is 54.6 Å². The Labute approximate surface area is 194 Å². The van der Waals surface area contributed by atoms with Crippen molar-refractivity contribution in [2.75, 3.05) is 45.9 Å². The Hall–Kier alpha value is -2.55. The zero-order valence-corrected chi connectivity index (χ0v) is 19.1. The Morgan fingerprint density at radius 2 is 1.75 bits per heavy atom. The molecular formula is C24H31FN4O2S. The number of halogens is 1. The van der Waals surface area contributed by atoms with E-state index in [2.05, 4.69) is 15.5 Å². The number of hydrogen-bond donors (Lipinski definition) is 2. The number of rotatable bonds is 10. The van der Waals surface area contributed by atoms with E-state index in [0.717, 1.165) is 44.8 Å². The van der Waals surface area contributed by atoms with Crippen LogP contribution in [0.5, 0.6) is 0 Å². The normalized spacial score (nSPS) is 14.0. The van der Waals surface area contributed by atoms with Crippen molar-refractivity contribution in [3.05, 3.63) is 71.5 Å². The molecule has 0 saturated carbocycles. The van der Waals surface area contributed by atoms with Crippen molar-refractivity contribution >= 4 is 23.2 Å². The molecule has 2 aromatic carbocycles. The first-order valence-corrected chi connectivity index (χ1v) is 11.4.